The zero-order valence-electron chi connectivity index (χ0n) is 7.26. The van der Waals surface area contributed by atoms with E-state index in [2.05, 4.69) is 0 Å². The van der Waals surface area contributed by atoms with Crippen LogP contribution in [0.2, 0.25) is 0 Å². The maximum absolute atomic E-state index is 11.7. The fourth-order valence-electron chi connectivity index (χ4n) is 0.670. The Morgan fingerprint density at radius 2 is 2.00 bits per heavy atom. The van der Waals surface area contributed by atoms with E-state index in [1.165, 1.54) is 0 Å². The van der Waals surface area contributed by atoms with Crippen molar-refractivity contribution >= 4 is 11.8 Å². The Balaban J connectivity index is 3.38. The molecule has 0 unspecified atom stereocenters. The van der Waals surface area contributed by atoms with Crippen molar-refractivity contribution in [2.45, 2.75) is 11.9 Å². The minimum absolute atomic E-state index is 0.0193. The van der Waals surface area contributed by atoms with E-state index in [0.717, 1.165) is 0 Å². The first kappa shape index (κ1) is 12.6. The predicted octanol–water partition coefficient (Wildman–Crippen LogP) is 2.08. The maximum atomic E-state index is 11.7. The summed E-state index contributed by atoms with van der Waals surface area (Å²) in [6.07, 6.45) is 0.354. The molecule has 0 spiro atoms. The lowest BCUT2D eigenvalue weighted by molar-refractivity contribution is -0.0328. The Bertz CT molecular complexity index is 176. The van der Waals surface area contributed by atoms with Crippen molar-refractivity contribution in [3.05, 3.63) is 0 Å². The van der Waals surface area contributed by atoms with Crippen LogP contribution >= 0.6 is 11.8 Å². The van der Waals surface area contributed by atoms with Gasteiger partial charge in [0.05, 0.1) is 6.07 Å². The molecule has 0 aromatic rings. The molecule has 0 aromatic carbocycles. The van der Waals surface area contributed by atoms with E-state index in [0.29, 0.717) is 19.5 Å². The molecule has 0 rings (SSSR count). The molecule has 0 aliphatic rings. The standard InChI is InChI=1S/C7H11F3N2S/c1-12(4-2-3-11)5-6-13-7(8,9)10/h2,4-6H2,1H3. The first-order chi connectivity index (χ1) is 5.95. The number of thioether (sulfide) groups is 1. The van der Waals surface area contributed by atoms with Crippen molar-refractivity contribution in [1.82, 2.24) is 4.90 Å². The summed E-state index contributed by atoms with van der Waals surface area (Å²) in [6.45, 7) is 0.876. The second-order valence-corrected chi connectivity index (χ2v) is 3.67. The molecule has 6 heteroatoms. The number of alkyl halides is 3. The highest BCUT2D eigenvalue weighted by atomic mass is 32.2. The van der Waals surface area contributed by atoms with Gasteiger partial charge in [-0.3, -0.25) is 0 Å². The van der Waals surface area contributed by atoms with Gasteiger partial charge in [0, 0.05) is 25.3 Å². The molecule has 0 heterocycles. The van der Waals surface area contributed by atoms with Crippen LogP contribution in [0.5, 0.6) is 0 Å². The normalized spacial score (nSPS) is 11.7. The van der Waals surface area contributed by atoms with Gasteiger partial charge in [-0.15, -0.1) is 0 Å². The monoisotopic (exact) mass is 212 g/mol. The molecule has 13 heavy (non-hydrogen) atoms. The van der Waals surface area contributed by atoms with Gasteiger partial charge in [-0.1, -0.05) is 0 Å². The SMILES string of the molecule is CN(CCC#N)CCSC(F)(F)F. The molecule has 0 fully saturated rings. The average Bonchev–Trinajstić information content (AvgIpc) is 1.98. The quantitative estimate of drug-likeness (QED) is 0.698. The molecule has 0 radical (unpaired) electrons. The molecule has 0 amide bonds. The maximum Gasteiger partial charge on any atom is 0.441 e. The molecule has 0 N–H and O–H groups in total. The van der Waals surface area contributed by atoms with Crippen LogP contribution in [-0.4, -0.2) is 36.3 Å². The number of hydrogen-bond donors (Lipinski definition) is 0. The number of halogens is 3. The Morgan fingerprint density at radius 3 is 2.46 bits per heavy atom. The van der Waals surface area contributed by atoms with Crippen LogP contribution in [0.4, 0.5) is 13.2 Å². The van der Waals surface area contributed by atoms with Gasteiger partial charge in [0.2, 0.25) is 0 Å². The molecular weight excluding hydrogens is 201 g/mol. The molecule has 0 aromatic heterocycles. The number of hydrogen-bond acceptors (Lipinski definition) is 3. The Labute approximate surface area is 79.7 Å². The summed E-state index contributed by atoms with van der Waals surface area (Å²) < 4.78 is 35.0. The van der Waals surface area contributed by atoms with Crippen molar-refractivity contribution in [2.75, 3.05) is 25.9 Å². The van der Waals surface area contributed by atoms with Crippen molar-refractivity contribution in [3.63, 3.8) is 0 Å². The van der Waals surface area contributed by atoms with Crippen molar-refractivity contribution in [2.24, 2.45) is 0 Å². The van der Waals surface area contributed by atoms with E-state index in [4.69, 9.17) is 5.26 Å². The molecule has 76 valence electrons. The fraction of sp³-hybridized carbons (Fsp3) is 0.857. The molecule has 0 saturated heterocycles. The minimum atomic E-state index is -4.14. The number of rotatable bonds is 5. The zero-order chi connectivity index (χ0) is 10.3. The van der Waals surface area contributed by atoms with E-state index in [-0.39, 0.29) is 17.5 Å². The van der Waals surface area contributed by atoms with Crippen LogP contribution in [0, 0.1) is 11.3 Å². The summed E-state index contributed by atoms with van der Waals surface area (Å²) in [7, 11) is 1.70. The van der Waals surface area contributed by atoms with E-state index in [1.54, 1.807) is 11.9 Å². The molecule has 0 atom stereocenters. The van der Waals surface area contributed by atoms with Crippen molar-refractivity contribution in [3.8, 4) is 6.07 Å². The minimum Gasteiger partial charge on any atom is -0.305 e. The van der Waals surface area contributed by atoms with Crippen LogP contribution in [0.15, 0.2) is 0 Å². The van der Waals surface area contributed by atoms with Gasteiger partial charge < -0.3 is 4.90 Å². The highest BCUT2D eigenvalue weighted by Gasteiger charge is 2.27. The number of nitriles is 1. The molecule has 0 saturated carbocycles. The Hall–Kier alpha value is -0.410. The second-order valence-electron chi connectivity index (χ2n) is 2.51. The largest absolute Gasteiger partial charge is 0.441 e. The van der Waals surface area contributed by atoms with Gasteiger partial charge >= 0.3 is 5.51 Å². The third-order valence-corrected chi connectivity index (χ3v) is 2.06. The summed E-state index contributed by atoms with van der Waals surface area (Å²) in [5, 5.41) is 8.21. The Morgan fingerprint density at radius 1 is 1.38 bits per heavy atom. The summed E-state index contributed by atoms with van der Waals surface area (Å²) in [5.74, 6) is 0.0193. The zero-order valence-corrected chi connectivity index (χ0v) is 8.08. The van der Waals surface area contributed by atoms with Gasteiger partial charge in [0.1, 0.15) is 0 Å². The first-order valence-corrected chi connectivity index (χ1v) is 4.70. The topological polar surface area (TPSA) is 27.0 Å². The van der Waals surface area contributed by atoms with E-state index < -0.39 is 5.51 Å². The second kappa shape index (κ2) is 6.11. The van der Waals surface area contributed by atoms with E-state index in [9.17, 15) is 13.2 Å². The summed E-state index contributed by atoms with van der Waals surface area (Å²) >= 11 is -0.0292. The molecule has 0 aliphatic heterocycles. The van der Waals surface area contributed by atoms with Crippen molar-refractivity contribution < 1.29 is 13.2 Å². The highest BCUT2D eigenvalue weighted by Crippen LogP contribution is 2.29. The van der Waals surface area contributed by atoms with Gasteiger partial charge in [-0.25, -0.2) is 0 Å². The van der Waals surface area contributed by atoms with E-state index in [1.807, 2.05) is 6.07 Å². The van der Waals surface area contributed by atoms with Crippen LogP contribution in [0.3, 0.4) is 0 Å². The smallest absolute Gasteiger partial charge is 0.305 e. The van der Waals surface area contributed by atoms with Crippen molar-refractivity contribution in [1.29, 1.82) is 5.26 Å². The average molecular weight is 212 g/mol. The van der Waals surface area contributed by atoms with Gasteiger partial charge in [0.15, 0.2) is 0 Å². The first-order valence-electron chi connectivity index (χ1n) is 3.72. The summed E-state index contributed by atoms with van der Waals surface area (Å²) in [5.41, 5.74) is -4.14. The summed E-state index contributed by atoms with van der Waals surface area (Å²) in [4.78, 5) is 1.71. The number of nitrogens with zero attached hydrogens (tertiary/aromatic N) is 2. The third kappa shape index (κ3) is 9.50. The molecule has 2 nitrogen and oxygen atoms in total. The lowest BCUT2D eigenvalue weighted by Crippen LogP contribution is -2.23. The van der Waals surface area contributed by atoms with Crippen LogP contribution in [0.25, 0.3) is 0 Å². The summed E-state index contributed by atoms with van der Waals surface area (Å²) in [6, 6.07) is 1.93. The molecular formula is C7H11F3N2S. The van der Waals surface area contributed by atoms with E-state index >= 15 is 0 Å². The van der Waals surface area contributed by atoms with Gasteiger partial charge in [0.25, 0.3) is 0 Å². The van der Waals surface area contributed by atoms with Crippen LogP contribution in [0.1, 0.15) is 6.42 Å². The lowest BCUT2D eigenvalue weighted by atomic mass is 10.4. The Kier molecular flexibility index (Phi) is 5.91. The molecule has 0 bridgehead atoms. The molecule has 0 aliphatic carbocycles. The van der Waals surface area contributed by atoms with Crippen LogP contribution < -0.4 is 0 Å². The predicted molar refractivity (Wildman–Crippen MR) is 46.2 cm³/mol. The third-order valence-electron chi connectivity index (χ3n) is 1.34. The lowest BCUT2D eigenvalue weighted by Gasteiger charge is -2.14. The van der Waals surface area contributed by atoms with Crippen LogP contribution in [-0.2, 0) is 0 Å². The van der Waals surface area contributed by atoms with Gasteiger partial charge in [-0.05, 0) is 18.8 Å². The fourth-order valence-corrected chi connectivity index (χ4v) is 1.30. The van der Waals surface area contributed by atoms with Gasteiger partial charge in [-0.2, -0.15) is 18.4 Å². The highest BCUT2D eigenvalue weighted by molar-refractivity contribution is 8.00.